The molecule has 3 aromatic carbocycles. The molecule has 0 unspecified atom stereocenters. The Balaban J connectivity index is 2.10. The average molecular weight is 633 g/mol. The van der Waals surface area contributed by atoms with Crippen LogP contribution < -0.4 is 9.62 Å². The molecule has 0 aliphatic rings. The molecule has 0 spiro atoms. The van der Waals surface area contributed by atoms with Crippen molar-refractivity contribution in [3.05, 3.63) is 99.5 Å². The Bertz CT molecular complexity index is 1500. The predicted molar refractivity (Wildman–Crippen MR) is 167 cm³/mol. The number of nitrogens with one attached hydrogen (secondary N) is 1. The van der Waals surface area contributed by atoms with E-state index in [1.54, 1.807) is 30.3 Å². The Morgan fingerprint density at radius 1 is 0.929 bits per heavy atom. The van der Waals surface area contributed by atoms with Crippen LogP contribution in [0.25, 0.3) is 0 Å². The van der Waals surface area contributed by atoms with Gasteiger partial charge in [-0.25, -0.2) is 8.42 Å². The number of sulfonamides is 1. The smallest absolute Gasteiger partial charge is 0.244 e. The molecule has 0 fully saturated rings. The molecule has 2 amide bonds. The molecule has 224 valence electrons. The lowest BCUT2D eigenvalue weighted by molar-refractivity contribution is -0.140. The zero-order chi connectivity index (χ0) is 30.9. The van der Waals surface area contributed by atoms with Gasteiger partial charge < -0.3 is 10.2 Å². The Labute approximate surface area is 257 Å². The minimum Gasteiger partial charge on any atom is -0.354 e. The summed E-state index contributed by atoms with van der Waals surface area (Å²) in [5.74, 6) is -1.28. The Hall–Kier alpha value is -3.40. The van der Waals surface area contributed by atoms with Gasteiger partial charge in [0.2, 0.25) is 21.8 Å². The molecule has 1 N–H and O–H groups in total. The van der Waals surface area contributed by atoms with E-state index >= 15 is 0 Å². The molecule has 8 nitrogen and oxygen atoms in total. The number of rotatable bonds is 14. The SMILES string of the molecule is CCCCNC(=O)[C@H](Cc1ccccc1)N(Cc1c(Cl)cccc1Cl)C(=O)CN(c1cccc(C(C)=O)c1)S(C)(=O)=O. The van der Waals surface area contributed by atoms with Crippen LogP contribution in [0.15, 0.2) is 72.8 Å². The predicted octanol–water partition coefficient (Wildman–Crippen LogP) is 5.52. The number of benzene rings is 3. The van der Waals surface area contributed by atoms with Crippen molar-refractivity contribution < 1.29 is 22.8 Å². The average Bonchev–Trinajstić information content (AvgIpc) is 2.95. The first-order valence-electron chi connectivity index (χ1n) is 13.5. The standard InChI is InChI=1S/C31H35Cl2N3O5S/c1-4-5-17-34-31(39)29(18-23-11-7-6-8-12-23)35(20-26-27(32)15-10-16-28(26)33)30(38)21-36(42(3,40)41)25-14-9-13-24(19-25)22(2)37/h6-16,19,29H,4-5,17-18,20-21H2,1-3H3,(H,34,39)/t29-/m0/s1. The molecule has 0 saturated heterocycles. The number of hydrogen-bond acceptors (Lipinski definition) is 5. The quantitative estimate of drug-likeness (QED) is 0.186. The van der Waals surface area contributed by atoms with E-state index < -0.39 is 28.5 Å². The number of unbranched alkanes of at least 4 members (excludes halogenated alkanes) is 1. The second-order valence-electron chi connectivity index (χ2n) is 9.95. The van der Waals surface area contributed by atoms with Gasteiger partial charge in [-0.1, -0.05) is 85.1 Å². The Kier molecular flexibility index (Phi) is 12.0. The molecule has 0 radical (unpaired) electrons. The zero-order valence-corrected chi connectivity index (χ0v) is 26.2. The number of ketones is 1. The van der Waals surface area contributed by atoms with Gasteiger partial charge >= 0.3 is 0 Å². The summed E-state index contributed by atoms with van der Waals surface area (Å²) in [6, 6.07) is 19.2. The molecule has 3 aromatic rings. The van der Waals surface area contributed by atoms with E-state index in [1.807, 2.05) is 37.3 Å². The third-order valence-electron chi connectivity index (χ3n) is 6.71. The summed E-state index contributed by atoms with van der Waals surface area (Å²) < 4.78 is 26.8. The molecule has 0 bridgehead atoms. The number of carbonyl (C=O) groups excluding carboxylic acids is 3. The van der Waals surface area contributed by atoms with Crippen molar-refractivity contribution in [1.29, 1.82) is 0 Å². The van der Waals surface area contributed by atoms with Gasteiger partial charge in [-0.05, 0) is 43.2 Å². The first-order valence-corrected chi connectivity index (χ1v) is 16.2. The van der Waals surface area contributed by atoms with Crippen molar-refractivity contribution in [3.8, 4) is 0 Å². The summed E-state index contributed by atoms with van der Waals surface area (Å²) >= 11 is 13.0. The lowest BCUT2D eigenvalue weighted by atomic mass is 10.0. The molecule has 0 saturated carbocycles. The molecule has 0 aliphatic carbocycles. The fourth-order valence-corrected chi connectivity index (χ4v) is 5.77. The van der Waals surface area contributed by atoms with Crippen LogP contribution in [0.4, 0.5) is 5.69 Å². The molecule has 0 heterocycles. The van der Waals surface area contributed by atoms with Gasteiger partial charge in [0.1, 0.15) is 12.6 Å². The largest absolute Gasteiger partial charge is 0.354 e. The normalized spacial score (nSPS) is 11.9. The van der Waals surface area contributed by atoms with Crippen LogP contribution in [0, 0.1) is 0 Å². The van der Waals surface area contributed by atoms with E-state index in [0.717, 1.165) is 29.0 Å². The summed E-state index contributed by atoms with van der Waals surface area (Å²) in [5, 5.41) is 3.53. The van der Waals surface area contributed by atoms with E-state index in [4.69, 9.17) is 23.2 Å². The van der Waals surface area contributed by atoms with Gasteiger partial charge in [0.05, 0.1) is 11.9 Å². The number of halogens is 2. The summed E-state index contributed by atoms with van der Waals surface area (Å²) in [7, 11) is -3.98. The Morgan fingerprint density at radius 2 is 1.57 bits per heavy atom. The molecular weight excluding hydrogens is 597 g/mol. The van der Waals surface area contributed by atoms with E-state index in [1.165, 1.54) is 24.0 Å². The summed E-state index contributed by atoms with van der Waals surface area (Å²) in [4.78, 5) is 41.2. The molecule has 0 aliphatic heterocycles. The van der Waals surface area contributed by atoms with Crippen molar-refractivity contribution in [2.45, 2.75) is 45.7 Å². The van der Waals surface area contributed by atoms with Gasteiger partial charge in [-0.2, -0.15) is 0 Å². The molecule has 11 heteroatoms. The summed E-state index contributed by atoms with van der Waals surface area (Å²) in [6.45, 7) is 3.04. The summed E-state index contributed by atoms with van der Waals surface area (Å²) in [6.07, 6.45) is 2.77. The van der Waals surface area contributed by atoms with Crippen LogP contribution in [-0.2, 0) is 32.6 Å². The van der Waals surface area contributed by atoms with Crippen LogP contribution in [0.5, 0.6) is 0 Å². The van der Waals surface area contributed by atoms with Crippen LogP contribution in [-0.4, -0.2) is 56.3 Å². The second kappa shape index (κ2) is 15.2. The highest BCUT2D eigenvalue weighted by Gasteiger charge is 2.33. The van der Waals surface area contributed by atoms with E-state index in [2.05, 4.69) is 5.32 Å². The highest BCUT2D eigenvalue weighted by atomic mass is 35.5. The van der Waals surface area contributed by atoms with Crippen molar-refractivity contribution in [3.63, 3.8) is 0 Å². The fraction of sp³-hybridized carbons (Fsp3) is 0.323. The van der Waals surface area contributed by atoms with Crippen molar-refractivity contribution in [1.82, 2.24) is 10.2 Å². The molecular formula is C31H35Cl2N3O5S. The van der Waals surface area contributed by atoms with E-state index in [0.29, 0.717) is 27.7 Å². The third kappa shape index (κ3) is 9.05. The maximum absolute atomic E-state index is 14.2. The molecule has 3 rings (SSSR count). The number of amides is 2. The van der Waals surface area contributed by atoms with Crippen LogP contribution >= 0.6 is 23.2 Å². The van der Waals surface area contributed by atoms with Crippen molar-refractivity contribution in [2.24, 2.45) is 0 Å². The van der Waals surface area contributed by atoms with Gasteiger partial charge in [0.15, 0.2) is 5.78 Å². The monoisotopic (exact) mass is 631 g/mol. The lowest BCUT2D eigenvalue weighted by Crippen LogP contribution is -2.53. The number of hydrogen-bond donors (Lipinski definition) is 1. The maximum Gasteiger partial charge on any atom is 0.244 e. The third-order valence-corrected chi connectivity index (χ3v) is 8.56. The highest BCUT2D eigenvalue weighted by Crippen LogP contribution is 2.28. The highest BCUT2D eigenvalue weighted by molar-refractivity contribution is 7.92. The van der Waals surface area contributed by atoms with Crippen LogP contribution in [0.3, 0.4) is 0 Å². The first-order chi connectivity index (χ1) is 19.9. The zero-order valence-electron chi connectivity index (χ0n) is 23.8. The minimum atomic E-state index is -3.98. The fourth-order valence-electron chi connectivity index (χ4n) is 4.41. The van der Waals surface area contributed by atoms with Crippen LogP contribution in [0.2, 0.25) is 10.0 Å². The summed E-state index contributed by atoms with van der Waals surface area (Å²) in [5.41, 5.74) is 1.69. The topological polar surface area (TPSA) is 104 Å². The van der Waals surface area contributed by atoms with Gasteiger partial charge in [0.25, 0.3) is 0 Å². The molecule has 0 aromatic heterocycles. The number of Topliss-reactive ketones (excluding diaryl/α,β-unsaturated/α-hetero) is 1. The van der Waals surface area contributed by atoms with Crippen molar-refractivity contribution >= 4 is 56.5 Å². The van der Waals surface area contributed by atoms with Crippen molar-refractivity contribution in [2.75, 3.05) is 23.7 Å². The van der Waals surface area contributed by atoms with E-state index in [-0.39, 0.29) is 30.3 Å². The van der Waals surface area contributed by atoms with E-state index in [9.17, 15) is 22.8 Å². The van der Waals surface area contributed by atoms with Gasteiger partial charge in [-0.15, -0.1) is 0 Å². The molecule has 42 heavy (non-hydrogen) atoms. The van der Waals surface area contributed by atoms with Gasteiger partial charge in [0, 0.05) is 40.7 Å². The number of carbonyl (C=O) groups is 3. The lowest BCUT2D eigenvalue weighted by Gasteiger charge is -2.34. The minimum absolute atomic E-state index is 0.138. The second-order valence-corrected chi connectivity index (χ2v) is 12.7. The maximum atomic E-state index is 14.2. The van der Waals surface area contributed by atoms with Gasteiger partial charge in [-0.3, -0.25) is 18.7 Å². The molecule has 1 atom stereocenters. The Morgan fingerprint density at radius 3 is 2.17 bits per heavy atom. The number of anilines is 1. The first kappa shape index (κ1) is 33.1. The van der Waals surface area contributed by atoms with Crippen LogP contribution in [0.1, 0.15) is 48.2 Å². The number of nitrogens with zero attached hydrogens (tertiary/aromatic N) is 2.